The molecule has 0 unspecified atom stereocenters. The van der Waals surface area contributed by atoms with Gasteiger partial charge in [0.05, 0.1) is 4.90 Å². The fourth-order valence-corrected chi connectivity index (χ4v) is 4.06. The van der Waals surface area contributed by atoms with E-state index in [4.69, 9.17) is 0 Å². The normalized spacial score (nSPS) is 18.0. The molecule has 0 amide bonds. The molecule has 118 valence electrons. The second-order valence-electron chi connectivity index (χ2n) is 5.42. The highest BCUT2D eigenvalue weighted by Crippen LogP contribution is 2.18. The fraction of sp³-hybridized carbons (Fsp3) is 0.600. The Hall–Kier alpha value is -0.950. The van der Waals surface area contributed by atoms with Crippen LogP contribution in [0.15, 0.2) is 29.2 Å². The first-order chi connectivity index (χ1) is 10.1. The van der Waals surface area contributed by atoms with Gasteiger partial charge in [-0.25, -0.2) is 8.42 Å². The van der Waals surface area contributed by atoms with Gasteiger partial charge in [0, 0.05) is 32.7 Å². The Balaban J connectivity index is 2.04. The summed E-state index contributed by atoms with van der Waals surface area (Å²) in [6.45, 7) is 6.76. The molecule has 1 fully saturated rings. The first-order valence-electron chi connectivity index (χ1n) is 7.54. The molecule has 1 aliphatic rings. The third kappa shape index (κ3) is 4.03. The summed E-state index contributed by atoms with van der Waals surface area (Å²) in [6, 6.07) is 7.16. The van der Waals surface area contributed by atoms with E-state index in [2.05, 4.69) is 17.1 Å². The molecule has 0 aliphatic carbocycles. The van der Waals surface area contributed by atoms with E-state index < -0.39 is 10.0 Å². The molecule has 0 atom stereocenters. The van der Waals surface area contributed by atoms with Gasteiger partial charge in [0.15, 0.2) is 0 Å². The Bertz CT molecular complexity index is 535. The van der Waals surface area contributed by atoms with E-state index in [0.29, 0.717) is 18.0 Å². The third-order valence-electron chi connectivity index (χ3n) is 3.81. The molecule has 21 heavy (non-hydrogen) atoms. The summed E-state index contributed by atoms with van der Waals surface area (Å²) in [6.07, 6.45) is 1.11. The van der Waals surface area contributed by atoms with Crippen molar-refractivity contribution in [3.63, 3.8) is 0 Å². The Morgan fingerprint density at radius 3 is 2.24 bits per heavy atom. The topological polar surface area (TPSA) is 52.7 Å². The molecule has 0 saturated carbocycles. The van der Waals surface area contributed by atoms with Crippen molar-refractivity contribution in [1.82, 2.24) is 14.5 Å². The van der Waals surface area contributed by atoms with Gasteiger partial charge in [0.2, 0.25) is 10.0 Å². The molecule has 1 aromatic rings. The lowest BCUT2D eigenvalue weighted by Crippen LogP contribution is -2.48. The average Bonchev–Trinajstić information content (AvgIpc) is 2.49. The highest BCUT2D eigenvalue weighted by molar-refractivity contribution is 7.89. The van der Waals surface area contributed by atoms with Gasteiger partial charge in [-0.05, 0) is 37.7 Å². The Morgan fingerprint density at radius 2 is 1.71 bits per heavy atom. The van der Waals surface area contributed by atoms with Crippen molar-refractivity contribution in [3.05, 3.63) is 29.8 Å². The van der Waals surface area contributed by atoms with Crippen molar-refractivity contribution in [2.45, 2.75) is 24.8 Å². The summed E-state index contributed by atoms with van der Waals surface area (Å²) in [5.41, 5.74) is 1.09. The molecule has 1 N–H and O–H groups in total. The number of piperazine rings is 1. The molecular formula is C15H25N3O2S. The van der Waals surface area contributed by atoms with Gasteiger partial charge >= 0.3 is 0 Å². The molecule has 0 bridgehead atoms. The number of benzene rings is 1. The minimum Gasteiger partial charge on any atom is -0.316 e. The van der Waals surface area contributed by atoms with Crippen LogP contribution in [0.5, 0.6) is 0 Å². The maximum absolute atomic E-state index is 12.6. The molecule has 1 saturated heterocycles. The number of rotatable bonds is 6. The van der Waals surface area contributed by atoms with Crippen molar-refractivity contribution in [2.75, 3.05) is 39.8 Å². The van der Waals surface area contributed by atoms with Gasteiger partial charge in [-0.1, -0.05) is 19.1 Å². The summed E-state index contributed by atoms with van der Waals surface area (Å²) in [5, 5.41) is 3.06. The van der Waals surface area contributed by atoms with Crippen LogP contribution in [-0.2, 0) is 16.6 Å². The van der Waals surface area contributed by atoms with Crippen LogP contribution >= 0.6 is 0 Å². The predicted octanol–water partition coefficient (Wildman–Crippen LogP) is 1.12. The number of hydrogen-bond donors (Lipinski definition) is 1. The van der Waals surface area contributed by atoms with Gasteiger partial charge < -0.3 is 10.2 Å². The third-order valence-corrected chi connectivity index (χ3v) is 5.73. The minimum absolute atomic E-state index is 0.395. The molecule has 1 aliphatic heterocycles. The van der Waals surface area contributed by atoms with Crippen LogP contribution in [0.25, 0.3) is 0 Å². The van der Waals surface area contributed by atoms with E-state index in [-0.39, 0.29) is 0 Å². The second kappa shape index (κ2) is 7.35. The predicted molar refractivity (Wildman–Crippen MR) is 84.7 cm³/mol. The van der Waals surface area contributed by atoms with Crippen molar-refractivity contribution < 1.29 is 8.42 Å². The first kappa shape index (κ1) is 16.4. The Morgan fingerprint density at radius 1 is 1.10 bits per heavy atom. The zero-order valence-corrected chi connectivity index (χ0v) is 13.7. The summed E-state index contributed by atoms with van der Waals surface area (Å²) in [4.78, 5) is 2.72. The zero-order valence-electron chi connectivity index (χ0n) is 12.9. The largest absolute Gasteiger partial charge is 0.316 e. The maximum atomic E-state index is 12.6. The van der Waals surface area contributed by atoms with Gasteiger partial charge in [0.1, 0.15) is 0 Å². The van der Waals surface area contributed by atoms with Crippen LogP contribution in [0.4, 0.5) is 0 Å². The molecule has 1 heterocycles. The standard InChI is InChI=1S/C15H25N3O2S/c1-3-8-17-9-11-18(12-10-17)21(19,20)15-6-4-14(5-7-15)13-16-2/h4-7,16H,3,8-13H2,1-2H3. The van der Waals surface area contributed by atoms with Crippen LogP contribution in [-0.4, -0.2) is 57.4 Å². The van der Waals surface area contributed by atoms with Gasteiger partial charge in [0.25, 0.3) is 0 Å². The van der Waals surface area contributed by atoms with E-state index in [0.717, 1.165) is 38.2 Å². The smallest absolute Gasteiger partial charge is 0.243 e. The lowest BCUT2D eigenvalue weighted by Gasteiger charge is -2.33. The quantitative estimate of drug-likeness (QED) is 0.855. The average molecular weight is 311 g/mol. The van der Waals surface area contributed by atoms with Crippen molar-refractivity contribution >= 4 is 10.0 Å². The Kier molecular flexibility index (Phi) is 5.75. The van der Waals surface area contributed by atoms with Gasteiger partial charge in [-0.3, -0.25) is 0 Å². The van der Waals surface area contributed by atoms with E-state index >= 15 is 0 Å². The highest BCUT2D eigenvalue weighted by atomic mass is 32.2. The van der Waals surface area contributed by atoms with E-state index in [1.165, 1.54) is 0 Å². The SMILES string of the molecule is CCCN1CCN(S(=O)(=O)c2ccc(CNC)cc2)CC1. The number of sulfonamides is 1. The van der Waals surface area contributed by atoms with Gasteiger partial charge in [-0.2, -0.15) is 4.31 Å². The number of nitrogens with zero attached hydrogens (tertiary/aromatic N) is 2. The lowest BCUT2D eigenvalue weighted by atomic mass is 10.2. The van der Waals surface area contributed by atoms with Crippen LogP contribution in [0.2, 0.25) is 0 Å². The molecule has 1 aromatic carbocycles. The fourth-order valence-electron chi connectivity index (χ4n) is 2.64. The summed E-state index contributed by atoms with van der Waals surface area (Å²) < 4.78 is 26.8. The van der Waals surface area contributed by atoms with Crippen LogP contribution in [0.1, 0.15) is 18.9 Å². The second-order valence-corrected chi connectivity index (χ2v) is 7.36. The van der Waals surface area contributed by atoms with Gasteiger partial charge in [-0.15, -0.1) is 0 Å². The van der Waals surface area contributed by atoms with Crippen LogP contribution in [0, 0.1) is 0 Å². The molecule has 0 radical (unpaired) electrons. The monoisotopic (exact) mass is 311 g/mol. The van der Waals surface area contributed by atoms with Crippen LogP contribution in [0.3, 0.4) is 0 Å². The van der Waals surface area contributed by atoms with E-state index in [1.807, 2.05) is 19.2 Å². The molecule has 0 aromatic heterocycles. The number of nitrogens with one attached hydrogen (secondary N) is 1. The van der Waals surface area contributed by atoms with E-state index in [1.54, 1.807) is 16.4 Å². The molecular weight excluding hydrogens is 286 g/mol. The van der Waals surface area contributed by atoms with E-state index in [9.17, 15) is 8.42 Å². The summed E-state index contributed by atoms with van der Waals surface area (Å²) in [7, 11) is -1.47. The molecule has 2 rings (SSSR count). The van der Waals surface area contributed by atoms with Crippen molar-refractivity contribution in [1.29, 1.82) is 0 Å². The highest BCUT2D eigenvalue weighted by Gasteiger charge is 2.27. The molecule has 0 spiro atoms. The first-order valence-corrected chi connectivity index (χ1v) is 8.98. The lowest BCUT2D eigenvalue weighted by molar-refractivity contribution is 0.188. The number of hydrogen-bond acceptors (Lipinski definition) is 4. The van der Waals surface area contributed by atoms with Crippen molar-refractivity contribution in [2.24, 2.45) is 0 Å². The molecule has 5 nitrogen and oxygen atoms in total. The zero-order chi connectivity index (χ0) is 15.3. The minimum atomic E-state index is -3.35. The molecule has 6 heteroatoms. The Labute approximate surface area is 128 Å². The summed E-state index contributed by atoms with van der Waals surface area (Å²) >= 11 is 0. The van der Waals surface area contributed by atoms with Crippen LogP contribution < -0.4 is 5.32 Å². The van der Waals surface area contributed by atoms with Crippen molar-refractivity contribution in [3.8, 4) is 0 Å². The summed E-state index contributed by atoms with van der Waals surface area (Å²) in [5.74, 6) is 0. The maximum Gasteiger partial charge on any atom is 0.243 e.